The van der Waals surface area contributed by atoms with E-state index < -0.39 is 10.0 Å². The molecule has 0 aliphatic carbocycles. The molecule has 1 aliphatic heterocycles. The number of nitrogens with zero attached hydrogens (tertiary/aromatic N) is 1. The Morgan fingerprint density at radius 2 is 2.00 bits per heavy atom. The van der Waals surface area contributed by atoms with Crippen molar-refractivity contribution in [3.8, 4) is 0 Å². The van der Waals surface area contributed by atoms with E-state index in [1.54, 1.807) is 0 Å². The Labute approximate surface area is 144 Å². The predicted octanol–water partition coefficient (Wildman–Crippen LogP) is 1.59. The maximum atomic E-state index is 12.0. The van der Waals surface area contributed by atoms with Gasteiger partial charge in [-0.1, -0.05) is 19.1 Å². The van der Waals surface area contributed by atoms with Gasteiger partial charge in [-0.3, -0.25) is 4.79 Å². The molecule has 1 amide bonds. The number of piperidine rings is 1. The third-order valence-electron chi connectivity index (χ3n) is 4.33. The maximum absolute atomic E-state index is 12.0. The Balaban J connectivity index is 1.68. The molecule has 7 heteroatoms. The van der Waals surface area contributed by atoms with Gasteiger partial charge in [0.1, 0.15) is 0 Å². The summed E-state index contributed by atoms with van der Waals surface area (Å²) in [7, 11) is -3.08. The number of rotatable bonds is 7. The second-order valence-corrected chi connectivity index (χ2v) is 8.22. The van der Waals surface area contributed by atoms with E-state index in [1.807, 2.05) is 24.3 Å². The zero-order valence-electron chi connectivity index (χ0n) is 14.4. The van der Waals surface area contributed by atoms with Crippen molar-refractivity contribution >= 4 is 21.6 Å². The van der Waals surface area contributed by atoms with Gasteiger partial charge in [0.2, 0.25) is 15.9 Å². The van der Waals surface area contributed by atoms with Crippen molar-refractivity contribution < 1.29 is 13.2 Å². The molecule has 1 heterocycles. The summed E-state index contributed by atoms with van der Waals surface area (Å²) in [5, 5.41) is 6.27. The Hall–Kier alpha value is -1.44. The molecular formula is C17H27N3O3S. The van der Waals surface area contributed by atoms with Gasteiger partial charge in [0.05, 0.1) is 6.26 Å². The number of aryl methyl sites for hydroxylation is 1. The highest BCUT2D eigenvalue weighted by Gasteiger charge is 2.24. The van der Waals surface area contributed by atoms with Crippen LogP contribution in [0.1, 0.15) is 31.7 Å². The van der Waals surface area contributed by atoms with Crippen molar-refractivity contribution in [3.63, 3.8) is 0 Å². The lowest BCUT2D eigenvalue weighted by Gasteiger charge is -2.30. The van der Waals surface area contributed by atoms with Crippen molar-refractivity contribution in [1.82, 2.24) is 9.62 Å². The number of hydrogen-bond acceptors (Lipinski definition) is 4. The smallest absolute Gasteiger partial charge is 0.225 e. The third kappa shape index (κ3) is 5.89. The Bertz CT molecular complexity index is 653. The van der Waals surface area contributed by atoms with Crippen molar-refractivity contribution in [2.45, 2.75) is 38.6 Å². The van der Waals surface area contributed by atoms with E-state index >= 15 is 0 Å². The molecule has 1 aromatic carbocycles. The van der Waals surface area contributed by atoms with Crippen LogP contribution in [0.25, 0.3) is 0 Å². The summed E-state index contributed by atoms with van der Waals surface area (Å²) in [5.74, 6) is -0.00988. The van der Waals surface area contributed by atoms with Gasteiger partial charge in [-0.05, 0) is 37.0 Å². The molecule has 2 N–H and O–H groups in total. The van der Waals surface area contributed by atoms with E-state index in [0.29, 0.717) is 26.1 Å². The standard InChI is InChI=1S/C17H27N3O3S/c1-3-14-5-4-6-16(13-14)19-17(21)7-10-18-15-8-11-20(12-9-15)24(2,22)23/h4-6,13,15,18H,3,7-12H2,1-2H3,(H,19,21). The van der Waals surface area contributed by atoms with Crippen LogP contribution in [0.2, 0.25) is 0 Å². The molecule has 1 saturated heterocycles. The monoisotopic (exact) mass is 353 g/mol. The number of amides is 1. The Morgan fingerprint density at radius 1 is 1.29 bits per heavy atom. The highest BCUT2D eigenvalue weighted by Crippen LogP contribution is 2.13. The van der Waals surface area contributed by atoms with E-state index in [4.69, 9.17) is 0 Å². The van der Waals surface area contributed by atoms with Crippen molar-refractivity contribution in [2.75, 3.05) is 31.2 Å². The van der Waals surface area contributed by atoms with E-state index in [9.17, 15) is 13.2 Å². The first-order valence-corrected chi connectivity index (χ1v) is 10.3. The normalized spacial score (nSPS) is 16.9. The minimum Gasteiger partial charge on any atom is -0.326 e. The Kier molecular flexibility index (Phi) is 6.77. The molecule has 0 aromatic heterocycles. The Morgan fingerprint density at radius 3 is 2.62 bits per heavy atom. The zero-order chi connectivity index (χ0) is 17.6. The first kappa shape index (κ1) is 18.9. The first-order valence-electron chi connectivity index (χ1n) is 8.46. The molecule has 0 unspecified atom stereocenters. The molecule has 0 spiro atoms. The van der Waals surface area contributed by atoms with Crippen LogP contribution < -0.4 is 10.6 Å². The fraction of sp³-hybridized carbons (Fsp3) is 0.588. The molecular weight excluding hydrogens is 326 g/mol. The molecule has 0 saturated carbocycles. The number of carbonyl (C=O) groups excluding carboxylic acids is 1. The number of nitrogens with one attached hydrogen (secondary N) is 2. The van der Waals surface area contributed by atoms with Crippen molar-refractivity contribution in [3.05, 3.63) is 29.8 Å². The minimum atomic E-state index is -3.08. The number of hydrogen-bond donors (Lipinski definition) is 2. The van der Waals surface area contributed by atoms with Gasteiger partial charge in [0.15, 0.2) is 0 Å². The average Bonchev–Trinajstić information content (AvgIpc) is 2.54. The summed E-state index contributed by atoms with van der Waals surface area (Å²) in [6.45, 7) is 3.78. The maximum Gasteiger partial charge on any atom is 0.225 e. The molecule has 0 atom stereocenters. The van der Waals surface area contributed by atoms with Crippen LogP contribution >= 0.6 is 0 Å². The molecule has 6 nitrogen and oxygen atoms in total. The van der Waals surface area contributed by atoms with Gasteiger partial charge in [0, 0.05) is 37.8 Å². The van der Waals surface area contributed by atoms with Crippen LogP contribution in [-0.2, 0) is 21.2 Å². The molecule has 1 aliphatic rings. The van der Waals surface area contributed by atoms with Crippen molar-refractivity contribution in [1.29, 1.82) is 0 Å². The van der Waals surface area contributed by atoms with E-state index in [1.165, 1.54) is 16.1 Å². The van der Waals surface area contributed by atoms with Crippen LogP contribution in [0, 0.1) is 0 Å². The van der Waals surface area contributed by atoms with E-state index in [-0.39, 0.29) is 11.9 Å². The van der Waals surface area contributed by atoms with Gasteiger partial charge in [0.25, 0.3) is 0 Å². The van der Waals surface area contributed by atoms with Crippen LogP contribution in [0.4, 0.5) is 5.69 Å². The molecule has 2 rings (SSSR count). The van der Waals surface area contributed by atoms with Crippen molar-refractivity contribution in [2.24, 2.45) is 0 Å². The SMILES string of the molecule is CCc1cccc(NC(=O)CCNC2CCN(S(C)(=O)=O)CC2)c1. The van der Waals surface area contributed by atoms with Crippen LogP contribution in [0.3, 0.4) is 0 Å². The largest absolute Gasteiger partial charge is 0.326 e. The number of anilines is 1. The summed E-state index contributed by atoms with van der Waals surface area (Å²) in [6.07, 6.45) is 4.17. The zero-order valence-corrected chi connectivity index (χ0v) is 15.2. The van der Waals surface area contributed by atoms with E-state index in [0.717, 1.165) is 24.9 Å². The lowest BCUT2D eigenvalue weighted by atomic mass is 10.1. The second kappa shape index (κ2) is 8.60. The molecule has 0 bridgehead atoms. The first-order chi connectivity index (χ1) is 11.4. The molecule has 134 valence electrons. The summed E-state index contributed by atoms with van der Waals surface area (Å²) in [5.41, 5.74) is 2.03. The van der Waals surface area contributed by atoms with Crippen LogP contribution in [0.5, 0.6) is 0 Å². The minimum absolute atomic E-state index is 0.00988. The highest BCUT2D eigenvalue weighted by atomic mass is 32.2. The fourth-order valence-corrected chi connectivity index (χ4v) is 3.75. The molecule has 1 fully saturated rings. The van der Waals surface area contributed by atoms with Gasteiger partial charge >= 0.3 is 0 Å². The molecule has 1 aromatic rings. The summed E-state index contributed by atoms with van der Waals surface area (Å²) in [6, 6.07) is 8.15. The number of benzene rings is 1. The van der Waals surface area contributed by atoms with E-state index in [2.05, 4.69) is 17.6 Å². The van der Waals surface area contributed by atoms with Gasteiger partial charge in [-0.15, -0.1) is 0 Å². The summed E-state index contributed by atoms with van der Waals surface area (Å²) >= 11 is 0. The lowest BCUT2D eigenvalue weighted by molar-refractivity contribution is -0.116. The quantitative estimate of drug-likeness (QED) is 0.780. The molecule has 0 radical (unpaired) electrons. The average molecular weight is 353 g/mol. The number of carbonyl (C=O) groups is 1. The van der Waals surface area contributed by atoms with Gasteiger partial charge in [-0.2, -0.15) is 0 Å². The second-order valence-electron chi connectivity index (χ2n) is 6.24. The molecule has 24 heavy (non-hydrogen) atoms. The fourth-order valence-electron chi connectivity index (χ4n) is 2.87. The lowest BCUT2D eigenvalue weighted by Crippen LogP contribution is -2.45. The van der Waals surface area contributed by atoms with Crippen LogP contribution in [0.15, 0.2) is 24.3 Å². The summed E-state index contributed by atoms with van der Waals surface area (Å²) < 4.78 is 24.4. The van der Waals surface area contributed by atoms with Crippen LogP contribution in [-0.4, -0.2) is 50.6 Å². The highest BCUT2D eigenvalue weighted by molar-refractivity contribution is 7.88. The van der Waals surface area contributed by atoms with Gasteiger partial charge in [-0.25, -0.2) is 12.7 Å². The topological polar surface area (TPSA) is 78.5 Å². The third-order valence-corrected chi connectivity index (χ3v) is 5.63. The summed E-state index contributed by atoms with van der Waals surface area (Å²) in [4.78, 5) is 12.0. The van der Waals surface area contributed by atoms with Gasteiger partial charge < -0.3 is 10.6 Å². The number of sulfonamides is 1. The predicted molar refractivity (Wildman–Crippen MR) is 96.5 cm³/mol.